The Labute approximate surface area is 152 Å². The van der Waals surface area contributed by atoms with E-state index in [-0.39, 0.29) is 29.4 Å². The largest absolute Gasteiger partial charge is 0.370 e. The van der Waals surface area contributed by atoms with Gasteiger partial charge in [-0.2, -0.15) is 0 Å². The van der Waals surface area contributed by atoms with Crippen LogP contribution < -0.4 is 5.73 Å². The quantitative estimate of drug-likeness (QED) is 0.447. The van der Waals surface area contributed by atoms with Gasteiger partial charge in [0.15, 0.2) is 5.96 Å². The van der Waals surface area contributed by atoms with Crippen LogP contribution in [-0.4, -0.2) is 30.5 Å². The minimum absolute atomic E-state index is 0. The van der Waals surface area contributed by atoms with Crippen LogP contribution in [0.4, 0.5) is 0 Å². The van der Waals surface area contributed by atoms with Gasteiger partial charge in [-0.25, -0.2) is 0 Å². The zero-order valence-electron chi connectivity index (χ0n) is 14.1. The molecule has 0 heterocycles. The molecule has 0 unspecified atom stereocenters. The fourth-order valence-electron chi connectivity index (χ4n) is 3.44. The summed E-state index contributed by atoms with van der Waals surface area (Å²) in [7, 11) is 0. The molecule has 1 saturated carbocycles. The molecule has 0 spiro atoms. The zero-order valence-corrected chi connectivity index (χ0v) is 16.5. The number of aryl methyl sites for hydroxylation is 1. The number of hydrogen-bond acceptors (Lipinski definition) is 1. The highest BCUT2D eigenvalue weighted by molar-refractivity contribution is 14.0. The second-order valence-electron chi connectivity index (χ2n) is 6.20. The maximum absolute atomic E-state index is 6.16. The monoisotopic (exact) mass is 415 g/mol. The summed E-state index contributed by atoms with van der Waals surface area (Å²) in [4.78, 5) is 6.87. The van der Waals surface area contributed by atoms with Gasteiger partial charge in [0.25, 0.3) is 0 Å². The van der Waals surface area contributed by atoms with E-state index in [9.17, 15) is 0 Å². The average molecular weight is 415 g/mol. The van der Waals surface area contributed by atoms with Crippen molar-refractivity contribution in [1.82, 2.24) is 4.90 Å². The van der Waals surface area contributed by atoms with Crippen molar-refractivity contribution in [2.45, 2.75) is 51.9 Å². The summed E-state index contributed by atoms with van der Waals surface area (Å²) in [5.74, 6) is 0.693. The van der Waals surface area contributed by atoms with E-state index in [0.29, 0.717) is 5.96 Å². The molecule has 124 valence electrons. The third-order valence-electron chi connectivity index (χ3n) is 4.82. The topological polar surface area (TPSA) is 41.6 Å². The maximum Gasteiger partial charge on any atom is 0.191 e. The zero-order chi connectivity index (χ0) is 15.3. The summed E-state index contributed by atoms with van der Waals surface area (Å²) in [6.07, 6.45) is 5.06. The van der Waals surface area contributed by atoms with Crippen LogP contribution in [0.3, 0.4) is 0 Å². The third-order valence-corrected chi connectivity index (χ3v) is 4.82. The highest BCUT2D eigenvalue weighted by Crippen LogP contribution is 2.41. The molecule has 4 heteroatoms. The van der Waals surface area contributed by atoms with Crippen LogP contribution in [0.5, 0.6) is 0 Å². The van der Waals surface area contributed by atoms with E-state index in [0.717, 1.165) is 19.6 Å². The number of nitrogens with zero attached hydrogens (tertiary/aromatic N) is 2. The molecule has 0 radical (unpaired) electrons. The predicted octanol–water partition coefficient (Wildman–Crippen LogP) is 4.08. The van der Waals surface area contributed by atoms with E-state index in [4.69, 9.17) is 10.7 Å². The first-order chi connectivity index (χ1) is 10.1. The summed E-state index contributed by atoms with van der Waals surface area (Å²) < 4.78 is 0. The number of aliphatic imine (C=N–C) groups is 1. The summed E-state index contributed by atoms with van der Waals surface area (Å²) in [6, 6.07) is 8.93. The van der Waals surface area contributed by atoms with Crippen LogP contribution in [0.25, 0.3) is 0 Å². The predicted molar refractivity (Wildman–Crippen MR) is 106 cm³/mol. The molecule has 0 bridgehead atoms. The van der Waals surface area contributed by atoms with Gasteiger partial charge in [-0.1, -0.05) is 42.7 Å². The maximum atomic E-state index is 6.16. The van der Waals surface area contributed by atoms with E-state index >= 15 is 0 Å². The van der Waals surface area contributed by atoms with Crippen molar-refractivity contribution >= 4 is 29.9 Å². The van der Waals surface area contributed by atoms with Crippen LogP contribution in [0.1, 0.15) is 50.7 Å². The van der Waals surface area contributed by atoms with Crippen LogP contribution in [0.2, 0.25) is 0 Å². The highest BCUT2D eigenvalue weighted by Gasteiger charge is 2.35. The summed E-state index contributed by atoms with van der Waals surface area (Å²) in [5, 5.41) is 0. The molecule has 2 N–H and O–H groups in total. The van der Waals surface area contributed by atoms with E-state index in [1.54, 1.807) is 0 Å². The van der Waals surface area contributed by atoms with Crippen molar-refractivity contribution in [3.05, 3.63) is 35.4 Å². The SMILES string of the molecule is CCN(CC)C(N)=NCC1(c2cccc(C)c2)CCCC1.I. The molecular weight excluding hydrogens is 385 g/mol. The Balaban J connectivity index is 0.00000242. The first-order valence-corrected chi connectivity index (χ1v) is 8.23. The minimum Gasteiger partial charge on any atom is -0.370 e. The Hall–Kier alpha value is -0.780. The Morgan fingerprint density at radius 2 is 1.86 bits per heavy atom. The van der Waals surface area contributed by atoms with Crippen LogP contribution in [-0.2, 0) is 5.41 Å². The molecule has 0 aliphatic heterocycles. The number of rotatable bonds is 5. The van der Waals surface area contributed by atoms with E-state index in [1.807, 2.05) is 0 Å². The van der Waals surface area contributed by atoms with Gasteiger partial charge < -0.3 is 10.6 Å². The normalized spacial score (nSPS) is 17.1. The van der Waals surface area contributed by atoms with E-state index < -0.39 is 0 Å². The number of guanidine groups is 1. The van der Waals surface area contributed by atoms with Gasteiger partial charge in [0, 0.05) is 18.5 Å². The Morgan fingerprint density at radius 1 is 1.23 bits per heavy atom. The van der Waals surface area contributed by atoms with Crippen LogP contribution >= 0.6 is 24.0 Å². The molecule has 22 heavy (non-hydrogen) atoms. The number of halogens is 1. The smallest absolute Gasteiger partial charge is 0.191 e. The molecule has 3 nitrogen and oxygen atoms in total. The van der Waals surface area contributed by atoms with Crippen molar-refractivity contribution in [1.29, 1.82) is 0 Å². The molecule has 1 aromatic carbocycles. The molecule has 1 aromatic rings. The van der Waals surface area contributed by atoms with Crippen molar-refractivity contribution < 1.29 is 0 Å². The molecular formula is C18H30IN3. The molecule has 1 aliphatic rings. The fourth-order valence-corrected chi connectivity index (χ4v) is 3.44. The van der Waals surface area contributed by atoms with Gasteiger partial charge in [-0.3, -0.25) is 4.99 Å². The van der Waals surface area contributed by atoms with Crippen molar-refractivity contribution in [3.63, 3.8) is 0 Å². The molecule has 1 aliphatic carbocycles. The number of hydrogen-bond donors (Lipinski definition) is 1. The summed E-state index contributed by atoms with van der Waals surface area (Å²) in [6.45, 7) is 9.07. The second-order valence-corrected chi connectivity index (χ2v) is 6.20. The average Bonchev–Trinajstić information content (AvgIpc) is 2.96. The van der Waals surface area contributed by atoms with Gasteiger partial charge in [0.05, 0.1) is 6.54 Å². The molecule has 1 fully saturated rings. The lowest BCUT2D eigenvalue weighted by Crippen LogP contribution is -2.38. The Bertz CT molecular complexity index is 489. The lowest BCUT2D eigenvalue weighted by atomic mass is 9.78. The van der Waals surface area contributed by atoms with Gasteiger partial charge in [0.1, 0.15) is 0 Å². The number of benzene rings is 1. The molecule has 0 amide bonds. The van der Waals surface area contributed by atoms with Gasteiger partial charge in [0.2, 0.25) is 0 Å². The highest BCUT2D eigenvalue weighted by atomic mass is 127. The van der Waals surface area contributed by atoms with Gasteiger partial charge >= 0.3 is 0 Å². The van der Waals surface area contributed by atoms with Gasteiger partial charge in [-0.15, -0.1) is 24.0 Å². The second kappa shape index (κ2) is 8.75. The summed E-state index contributed by atoms with van der Waals surface area (Å²) in [5.41, 5.74) is 9.13. The summed E-state index contributed by atoms with van der Waals surface area (Å²) >= 11 is 0. The Morgan fingerprint density at radius 3 is 2.41 bits per heavy atom. The Kier molecular flexibility index (Phi) is 7.66. The molecule has 0 atom stereocenters. The molecule has 2 rings (SSSR count). The number of nitrogens with two attached hydrogens (primary N) is 1. The lowest BCUT2D eigenvalue weighted by molar-refractivity contribution is 0.432. The lowest BCUT2D eigenvalue weighted by Gasteiger charge is -2.29. The van der Waals surface area contributed by atoms with Crippen LogP contribution in [0, 0.1) is 6.92 Å². The molecule has 0 saturated heterocycles. The van der Waals surface area contributed by atoms with Crippen LogP contribution in [0.15, 0.2) is 29.3 Å². The van der Waals surface area contributed by atoms with Crippen molar-refractivity contribution in [2.75, 3.05) is 19.6 Å². The van der Waals surface area contributed by atoms with Crippen molar-refractivity contribution in [3.8, 4) is 0 Å². The standard InChI is InChI=1S/C18H29N3.HI/c1-4-21(5-2)17(19)20-14-18(11-6-7-12-18)16-10-8-9-15(3)13-16;/h8-10,13H,4-7,11-12,14H2,1-3H3,(H2,19,20);1H. The minimum atomic E-state index is 0. The first-order valence-electron chi connectivity index (χ1n) is 8.23. The van der Waals surface area contributed by atoms with E-state index in [2.05, 4.69) is 49.9 Å². The first kappa shape index (κ1) is 19.3. The van der Waals surface area contributed by atoms with E-state index in [1.165, 1.54) is 36.8 Å². The molecule has 0 aromatic heterocycles. The fraction of sp³-hybridized carbons (Fsp3) is 0.611. The van der Waals surface area contributed by atoms with Gasteiger partial charge in [-0.05, 0) is 39.2 Å². The third kappa shape index (κ3) is 4.37. The van der Waals surface area contributed by atoms with Crippen molar-refractivity contribution in [2.24, 2.45) is 10.7 Å².